The molecule has 4 aromatic heterocycles. The number of nitrogens with zero attached hydrogens (tertiary/aromatic N) is 5. The maximum absolute atomic E-state index is 5.29. The molecule has 0 saturated carbocycles. The number of hydrogen-bond acceptors (Lipinski definition) is 3. The minimum atomic E-state index is 0.617. The standard InChI is InChI=1S/C47H29N5/c1-3-14-30(15-4-1)45-46-39(22-13-27-48-46)49-47(50-45)52-41-24-12-10-21-37(41)44-36-20-8-7-18-33(36)38(29-43(44)52)31-25-26-35-34-19-9-11-23-40(34)51(42(35)28-31)32-16-5-2-6-17-32/h1-29H. The summed E-state index contributed by atoms with van der Waals surface area (Å²) in [7, 11) is 0. The molecule has 0 saturated heterocycles. The van der Waals surface area contributed by atoms with Gasteiger partial charge in [0.1, 0.15) is 11.2 Å². The number of rotatable bonds is 4. The van der Waals surface area contributed by atoms with Gasteiger partial charge in [0.05, 0.1) is 27.6 Å². The Morgan fingerprint density at radius 1 is 0.404 bits per heavy atom. The van der Waals surface area contributed by atoms with E-state index in [9.17, 15) is 0 Å². The van der Waals surface area contributed by atoms with Gasteiger partial charge in [0, 0.05) is 39.0 Å². The number of para-hydroxylation sites is 3. The summed E-state index contributed by atoms with van der Waals surface area (Å²) in [6.07, 6.45) is 1.81. The lowest BCUT2D eigenvalue weighted by atomic mass is 9.94. The Kier molecular flexibility index (Phi) is 6.18. The van der Waals surface area contributed by atoms with E-state index in [1.54, 1.807) is 0 Å². The molecule has 0 radical (unpaired) electrons. The second-order valence-electron chi connectivity index (χ2n) is 13.2. The van der Waals surface area contributed by atoms with Gasteiger partial charge in [0.25, 0.3) is 0 Å². The van der Waals surface area contributed by atoms with Crippen molar-refractivity contribution in [3.05, 3.63) is 176 Å². The van der Waals surface area contributed by atoms with Crippen molar-refractivity contribution in [2.75, 3.05) is 0 Å². The third kappa shape index (κ3) is 4.20. The molecule has 0 bridgehead atoms. The van der Waals surface area contributed by atoms with Crippen LogP contribution >= 0.6 is 0 Å². The minimum absolute atomic E-state index is 0.617. The zero-order chi connectivity index (χ0) is 34.2. The number of benzene rings is 7. The van der Waals surface area contributed by atoms with Crippen LogP contribution in [0.4, 0.5) is 0 Å². The molecular formula is C47H29N5. The molecule has 0 fully saturated rings. The van der Waals surface area contributed by atoms with E-state index >= 15 is 0 Å². The molecule has 0 aliphatic rings. The van der Waals surface area contributed by atoms with Crippen molar-refractivity contribution in [2.45, 2.75) is 0 Å². The van der Waals surface area contributed by atoms with Gasteiger partial charge in [-0.3, -0.25) is 9.55 Å². The fourth-order valence-corrected chi connectivity index (χ4v) is 8.13. The van der Waals surface area contributed by atoms with Crippen LogP contribution in [0.3, 0.4) is 0 Å². The molecule has 0 aliphatic carbocycles. The summed E-state index contributed by atoms with van der Waals surface area (Å²) in [5, 5.41) is 7.22. The monoisotopic (exact) mass is 663 g/mol. The fraction of sp³-hybridized carbons (Fsp3) is 0. The summed E-state index contributed by atoms with van der Waals surface area (Å²) in [6.45, 7) is 0. The Morgan fingerprint density at radius 3 is 1.87 bits per heavy atom. The van der Waals surface area contributed by atoms with E-state index in [4.69, 9.17) is 15.0 Å². The van der Waals surface area contributed by atoms with E-state index in [0.717, 1.165) is 55.5 Å². The van der Waals surface area contributed by atoms with Gasteiger partial charge in [-0.2, -0.15) is 0 Å². The zero-order valence-electron chi connectivity index (χ0n) is 28.0. The first-order valence-corrected chi connectivity index (χ1v) is 17.5. The first-order valence-electron chi connectivity index (χ1n) is 17.5. The van der Waals surface area contributed by atoms with Crippen LogP contribution < -0.4 is 0 Å². The summed E-state index contributed by atoms with van der Waals surface area (Å²) in [4.78, 5) is 15.2. The highest BCUT2D eigenvalue weighted by atomic mass is 15.2. The molecule has 7 aromatic carbocycles. The quantitative estimate of drug-likeness (QED) is 0.188. The Balaban J connectivity index is 1.24. The average Bonchev–Trinajstić information content (AvgIpc) is 3.73. The van der Waals surface area contributed by atoms with E-state index in [2.05, 4.69) is 149 Å². The predicted octanol–water partition coefficient (Wildman–Crippen LogP) is 11.7. The number of pyridine rings is 1. The highest BCUT2D eigenvalue weighted by Crippen LogP contribution is 2.43. The van der Waals surface area contributed by atoms with Crippen molar-refractivity contribution in [2.24, 2.45) is 0 Å². The van der Waals surface area contributed by atoms with Crippen LogP contribution in [0.2, 0.25) is 0 Å². The van der Waals surface area contributed by atoms with Gasteiger partial charge in [-0.05, 0) is 70.4 Å². The van der Waals surface area contributed by atoms with E-state index in [0.29, 0.717) is 5.95 Å². The van der Waals surface area contributed by atoms with E-state index in [1.165, 1.54) is 38.0 Å². The van der Waals surface area contributed by atoms with Gasteiger partial charge in [-0.15, -0.1) is 0 Å². The Morgan fingerprint density at radius 2 is 1.06 bits per heavy atom. The third-order valence-corrected chi connectivity index (χ3v) is 10.4. The lowest BCUT2D eigenvalue weighted by Gasteiger charge is -2.14. The normalized spacial score (nSPS) is 11.8. The van der Waals surface area contributed by atoms with Gasteiger partial charge in [0.15, 0.2) is 0 Å². The van der Waals surface area contributed by atoms with Crippen molar-refractivity contribution in [3.8, 4) is 34.0 Å². The predicted molar refractivity (Wildman–Crippen MR) is 214 cm³/mol. The first-order chi connectivity index (χ1) is 25.8. The number of fused-ring (bicyclic) bond motifs is 9. The average molecular weight is 664 g/mol. The van der Waals surface area contributed by atoms with Crippen molar-refractivity contribution in [3.63, 3.8) is 0 Å². The van der Waals surface area contributed by atoms with Crippen molar-refractivity contribution >= 4 is 65.4 Å². The summed E-state index contributed by atoms with van der Waals surface area (Å²) in [5.41, 5.74) is 11.3. The van der Waals surface area contributed by atoms with E-state index in [-0.39, 0.29) is 0 Å². The molecule has 5 nitrogen and oxygen atoms in total. The lowest BCUT2D eigenvalue weighted by molar-refractivity contribution is 1.01. The molecule has 11 aromatic rings. The van der Waals surface area contributed by atoms with Crippen LogP contribution in [0, 0.1) is 0 Å². The Hall–Kier alpha value is -7.11. The molecule has 242 valence electrons. The largest absolute Gasteiger partial charge is 0.309 e. The molecule has 0 spiro atoms. The van der Waals surface area contributed by atoms with E-state index in [1.807, 2.05) is 36.5 Å². The van der Waals surface area contributed by atoms with Crippen LogP contribution in [0.5, 0.6) is 0 Å². The summed E-state index contributed by atoms with van der Waals surface area (Å²) in [5.74, 6) is 0.617. The van der Waals surface area contributed by atoms with Gasteiger partial charge in [0.2, 0.25) is 5.95 Å². The molecule has 0 atom stereocenters. The Bertz CT molecular complexity index is 3180. The van der Waals surface area contributed by atoms with Crippen molar-refractivity contribution in [1.82, 2.24) is 24.1 Å². The molecule has 0 amide bonds. The minimum Gasteiger partial charge on any atom is -0.309 e. The molecule has 0 N–H and O–H groups in total. The molecule has 4 heterocycles. The second kappa shape index (κ2) is 11.2. The highest BCUT2D eigenvalue weighted by molar-refractivity contribution is 6.24. The molecule has 52 heavy (non-hydrogen) atoms. The molecule has 5 heteroatoms. The SMILES string of the molecule is c1ccc(-c2nc(-n3c4ccccc4c4c5ccccc5c(-c5ccc6c7ccccc7n(-c7ccccc7)c6c5)cc43)nc3cccnc23)cc1. The van der Waals surface area contributed by atoms with Crippen LogP contribution in [0.1, 0.15) is 0 Å². The zero-order valence-corrected chi connectivity index (χ0v) is 28.0. The van der Waals surface area contributed by atoms with Gasteiger partial charge in [-0.1, -0.05) is 121 Å². The third-order valence-electron chi connectivity index (χ3n) is 10.4. The number of aromatic nitrogens is 5. The van der Waals surface area contributed by atoms with Crippen molar-refractivity contribution < 1.29 is 0 Å². The maximum Gasteiger partial charge on any atom is 0.235 e. The maximum atomic E-state index is 5.29. The highest BCUT2D eigenvalue weighted by Gasteiger charge is 2.21. The van der Waals surface area contributed by atoms with Crippen LogP contribution in [-0.4, -0.2) is 24.1 Å². The Labute approximate surface area is 298 Å². The fourth-order valence-electron chi connectivity index (χ4n) is 8.13. The summed E-state index contributed by atoms with van der Waals surface area (Å²) >= 11 is 0. The molecule has 0 unspecified atom stereocenters. The summed E-state index contributed by atoms with van der Waals surface area (Å²) in [6, 6.07) is 60.2. The van der Waals surface area contributed by atoms with Crippen LogP contribution in [0.15, 0.2) is 176 Å². The van der Waals surface area contributed by atoms with Gasteiger partial charge >= 0.3 is 0 Å². The molecular weight excluding hydrogens is 635 g/mol. The van der Waals surface area contributed by atoms with E-state index < -0.39 is 0 Å². The van der Waals surface area contributed by atoms with Gasteiger partial charge in [-0.25, -0.2) is 9.97 Å². The smallest absolute Gasteiger partial charge is 0.235 e. The van der Waals surface area contributed by atoms with Crippen molar-refractivity contribution in [1.29, 1.82) is 0 Å². The topological polar surface area (TPSA) is 48.5 Å². The van der Waals surface area contributed by atoms with Crippen LogP contribution in [0.25, 0.3) is 99.4 Å². The van der Waals surface area contributed by atoms with Gasteiger partial charge < -0.3 is 4.57 Å². The number of hydrogen-bond donors (Lipinski definition) is 0. The molecule has 11 rings (SSSR count). The summed E-state index contributed by atoms with van der Waals surface area (Å²) < 4.78 is 4.62. The second-order valence-corrected chi connectivity index (χ2v) is 13.2. The van der Waals surface area contributed by atoms with Crippen LogP contribution in [-0.2, 0) is 0 Å². The molecule has 0 aliphatic heterocycles. The first kappa shape index (κ1) is 28.7. The lowest BCUT2D eigenvalue weighted by Crippen LogP contribution is -2.04.